The molecule has 6 heteroatoms. The number of likely N-dealkylation sites (tertiary alicyclic amines) is 1. The summed E-state index contributed by atoms with van der Waals surface area (Å²) < 4.78 is 5.37. The molecule has 0 aliphatic carbocycles. The molecule has 2 rings (SSSR count). The number of rotatable bonds is 2. The summed E-state index contributed by atoms with van der Waals surface area (Å²) in [5.74, 6) is 0.805. The highest BCUT2D eigenvalue weighted by Crippen LogP contribution is 2.21. The van der Waals surface area contributed by atoms with E-state index in [-0.39, 0.29) is 11.8 Å². The molecule has 1 amide bonds. The minimum atomic E-state index is -0.131. The Labute approximate surface area is 112 Å². The van der Waals surface area contributed by atoms with Crippen LogP contribution in [0.2, 0.25) is 0 Å². The lowest BCUT2D eigenvalue weighted by Gasteiger charge is -2.32. The summed E-state index contributed by atoms with van der Waals surface area (Å²) >= 11 is 0. The van der Waals surface area contributed by atoms with Crippen LogP contribution in [0.5, 0.6) is 0 Å². The minimum absolute atomic E-state index is 0.118. The number of oxazole rings is 1. The van der Waals surface area contributed by atoms with Crippen molar-refractivity contribution in [3.63, 3.8) is 0 Å². The van der Waals surface area contributed by atoms with Crippen molar-refractivity contribution in [2.24, 2.45) is 11.1 Å². The number of aryl methyl sites for hydroxylation is 2. The maximum Gasteiger partial charge on any atom is 0.291 e. The summed E-state index contributed by atoms with van der Waals surface area (Å²) in [6.45, 7) is 6.63. The summed E-state index contributed by atoms with van der Waals surface area (Å²) in [6, 6.07) is 0. The average Bonchev–Trinajstić information content (AvgIpc) is 2.76. The zero-order valence-corrected chi connectivity index (χ0v) is 11.5. The van der Waals surface area contributed by atoms with E-state index in [1.807, 2.05) is 6.92 Å². The third-order valence-electron chi connectivity index (χ3n) is 3.56. The van der Waals surface area contributed by atoms with Crippen LogP contribution in [0.25, 0.3) is 0 Å². The molecule has 1 fully saturated rings. The number of aromatic nitrogens is 1. The average molecular weight is 265 g/mol. The van der Waals surface area contributed by atoms with Crippen molar-refractivity contribution in [1.82, 2.24) is 9.88 Å². The highest BCUT2D eigenvalue weighted by Gasteiger charge is 2.30. The molecule has 0 bridgehead atoms. The van der Waals surface area contributed by atoms with E-state index < -0.39 is 0 Å². The van der Waals surface area contributed by atoms with Crippen molar-refractivity contribution in [2.45, 2.75) is 33.6 Å². The van der Waals surface area contributed by atoms with Gasteiger partial charge < -0.3 is 14.5 Å². The smallest absolute Gasteiger partial charge is 0.291 e. The van der Waals surface area contributed by atoms with Crippen molar-refractivity contribution in [3.05, 3.63) is 17.3 Å². The molecule has 0 saturated carbocycles. The first-order valence-corrected chi connectivity index (χ1v) is 6.51. The van der Waals surface area contributed by atoms with E-state index in [0.29, 0.717) is 36.9 Å². The Morgan fingerprint density at radius 1 is 1.58 bits per heavy atom. The molecule has 1 atom stereocenters. The lowest BCUT2D eigenvalue weighted by molar-refractivity contribution is 0.0694. The molecule has 1 aromatic heterocycles. The van der Waals surface area contributed by atoms with Crippen molar-refractivity contribution in [1.29, 1.82) is 0 Å². The van der Waals surface area contributed by atoms with Gasteiger partial charge in [0.1, 0.15) is 0 Å². The largest absolute Gasteiger partial charge is 0.436 e. The summed E-state index contributed by atoms with van der Waals surface area (Å²) in [6.07, 6.45) is 1.45. The molecule has 6 nitrogen and oxygen atoms in total. The molecule has 0 aromatic carbocycles. The quantitative estimate of drug-likeness (QED) is 0.655. The number of hydrogen-bond donors (Lipinski definition) is 1. The SMILES string of the molecule is CCC1CN(C(=O)c2oc(C)nc2C)CCC1=NO. The molecule has 1 N–H and O–H groups in total. The van der Waals surface area contributed by atoms with E-state index >= 15 is 0 Å². The predicted octanol–water partition coefficient (Wildman–Crippen LogP) is 1.99. The molecule has 104 valence electrons. The van der Waals surface area contributed by atoms with Gasteiger partial charge in [0, 0.05) is 32.4 Å². The molecule has 0 radical (unpaired) electrons. The topological polar surface area (TPSA) is 78.9 Å². The van der Waals surface area contributed by atoms with E-state index in [2.05, 4.69) is 10.1 Å². The van der Waals surface area contributed by atoms with Crippen molar-refractivity contribution in [3.8, 4) is 0 Å². The van der Waals surface area contributed by atoms with Crippen molar-refractivity contribution >= 4 is 11.6 Å². The van der Waals surface area contributed by atoms with Gasteiger partial charge in [0.2, 0.25) is 5.76 Å². The molecule has 1 aliphatic rings. The predicted molar refractivity (Wildman–Crippen MR) is 69.5 cm³/mol. The first-order valence-electron chi connectivity index (χ1n) is 6.51. The second-order valence-electron chi connectivity index (χ2n) is 4.85. The normalized spacial score (nSPS) is 21.9. The Kier molecular flexibility index (Phi) is 3.87. The molecule has 0 spiro atoms. The number of nitrogens with zero attached hydrogens (tertiary/aromatic N) is 3. The summed E-state index contributed by atoms with van der Waals surface area (Å²) in [7, 11) is 0. The Bertz CT molecular complexity index is 507. The number of hydrogen-bond acceptors (Lipinski definition) is 5. The van der Waals surface area contributed by atoms with E-state index in [9.17, 15) is 4.79 Å². The second kappa shape index (κ2) is 5.42. The molecule has 1 aliphatic heterocycles. The Morgan fingerprint density at radius 3 is 2.84 bits per heavy atom. The fraction of sp³-hybridized carbons (Fsp3) is 0.615. The van der Waals surface area contributed by atoms with Gasteiger partial charge in [-0.3, -0.25) is 4.79 Å². The third-order valence-corrected chi connectivity index (χ3v) is 3.56. The fourth-order valence-electron chi connectivity index (χ4n) is 2.47. The van der Waals surface area contributed by atoms with E-state index in [0.717, 1.165) is 12.1 Å². The number of carbonyl (C=O) groups excluding carboxylic acids is 1. The lowest BCUT2D eigenvalue weighted by atomic mass is 9.93. The summed E-state index contributed by atoms with van der Waals surface area (Å²) in [5.41, 5.74) is 1.40. The standard InChI is InChI=1S/C13H19N3O3/c1-4-10-7-16(6-5-11(10)15-18)13(17)12-8(2)14-9(3)19-12/h10,18H,4-7H2,1-3H3. The lowest BCUT2D eigenvalue weighted by Crippen LogP contribution is -2.44. The highest BCUT2D eigenvalue weighted by molar-refractivity contribution is 5.95. The van der Waals surface area contributed by atoms with Gasteiger partial charge in [0.15, 0.2) is 5.89 Å². The highest BCUT2D eigenvalue weighted by atomic mass is 16.4. The van der Waals surface area contributed by atoms with E-state index in [4.69, 9.17) is 9.62 Å². The molecule has 1 saturated heterocycles. The van der Waals surface area contributed by atoms with Gasteiger partial charge in [-0.1, -0.05) is 12.1 Å². The van der Waals surface area contributed by atoms with Crippen LogP contribution in [0.15, 0.2) is 9.57 Å². The van der Waals surface area contributed by atoms with Crippen LogP contribution in [0.1, 0.15) is 41.9 Å². The van der Waals surface area contributed by atoms with Crippen LogP contribution in [-0.2, 0) is 0 Å². The first kappa shape index (κ1) is 13.6. The molecule has 1 unspecified atom stereocenters. The maximum absolute atomic E-state index is 12.4. The zero-order chi connectivity index (χ0) is 14.0. The number of oxime groups is 1. The zero-order valence-electron chi connectivity index (χ0n) is 11.5. The Hall–Kier alpha value is -1.85. The van der Waals surface area contributed by atoms with Gasteiger partial charge in [0.05, 0.1) is 11.4 Å². The monoisotopic (exact) mass is 265 g/mol. The van der Waals surface area contributed by atoms with Gasteiger partial charge >= 0.3 is 0 Å². The van der Waals surface area contributed by atoms with Crippen LogP contribution in [-0.4, -0.2) is 39.8 Å². The first-order chi connectivity index (χ1) is 9.06. The van der Waals surface area contributed by atoms with Crippen LogP contribution >= 0.6 is 0 Å². The van der Waals surface area contributed by atoms with Crippen LogP contribution in [0.4, 0.5) is 0 Å². The van der Waals surface area contributed by atoms with Crippen molar-refractivity contribution in [2.75, 3.05) is 13.1 Å². The summed E-state index contributed by atoms with van der Waals surface area (Å²) in [4.78, 5) is 18.2. The maximum atomic E-state index is 12.4. The molecule has 2 heterocycles. The number of piperidine rings is 1. The minimum Gasteiger partial charge on any atom is -0.436 e. The van der Waals surface area contributed by atoms with Crippen LogP contribution in [0, 0.1) is 19.8 Å². The van der Waals surface area contributed by atoms with Gasteiger partial charge in [-0.05, 0) is 13.3 Å². The summed E-state index contributed by atoms with van der Waals surface area (Å²) in [5, 5.41) is 12.3. The van der Waals surface area contributed by atoms with Gasteiger partial charge in [0.25, 0.3) is 5.91 Å². The van der Waals surface area contributed by atoms with Crippen LogP contribution in [0.3, 0.4) is 0 Å². The molecule has 1 aromatic rings. The van der Waals surface area contributed by atoms with Gasteiger partial charge in [-0.2, -0.15) is 0 Å². The van der Waals surface area contributed by atoms with Crippen LogP contribution < -0.4 is 0 Å². The molecular formula is C13H19N3O3. The van der Waals surface area contributed by atoms with E-state index in [1.54, 1.807) is 18.7 Å². The third kappa shape index (κ3) is 2.62. The fourth-order valence-corrected chi connectivity index (χ4v) is 2.47. The second-order valence-corrected chi connectivity index (χ2v) is 4.85. The van der Waals surface area contributed by atoms with Crippen molar-refractivity contribution < 1.29 is 14.4 Å². The molecule has 19 heavy (non-hydrogen) atoms. The van der Waals surface area contributed by atoms with Gasteiger partial charge in [-0.25, -0.2) is 4.98 Å². The van der Waals surface area contributed by atoms with E-state index in [1.165, 1.54) is 0 Å². The van der Waals surface area contributed by atoms with Gasteiger partial charge in [-0.15, -0.1) is 0 Å². The Balaban J connectivity index is 2.15. The number of amides is 1. The Morgan fingerprint density at radius 2 is 2.32 bits per heavy atom. The molecular weight excluding hydrogens is 246 g/mol. The number of carbonyl (C=O) groups is 1.